The van der Waals surface area contributed by atoms with E-state index >= 15 is 0 Å². The van der Waals surface area contributed by atoms with Gasteiger partial charge in [0.05, 0.1) is 0 Å². The lowest BCUT2D eigenvalue weighted by molar-refractivity contribution is 0.121. The largest absolute Gasteiger partial charge is 0.441 e. The molecule has 0 fully saturated rings. The number of hydrogen-bond donors (Lipinski definition) is 1. The molecule has 3 aromatic rings. The minimum Gasteiger partial charge on any atom is -0.441 e. The van der Waals surface area contributed by atoms with Crippen LogP contribution in [0.2, 0.25) is 0 Å². The van der Waals surface area contributed by atoms with E-state index < -0.39 is 12.2 Å². The Kier molecular flexibility index (Phi) is 4.79. The maximum atomic E-state index is 13.1. The first kappa shape index (κ1) is 16.7. The molecule has 0 aliphatic heterocycles. The SMILES string of the molecule is Cc1noc(-c2ccc(F)cc2)c1NC(=O)OC(C)c1ccccc1. The number of hydrogen-bond acceptors (Lipinski definition) is 4. The van der Waals surface area contributed by atoms with Gasteiger partial charge >= 0.3 is 6.09 Å². The zero-order valence-electron chi connectivity index (χ0n) is 13.8. The topological polar surface area (TPSA) is 64.4 Å². The molecule has 128 valence electrons. The Bertz CT molecular complexity index is 860. The summed E-state index contributed by atoms with van der Waals surface area (Å²) in [7, 11) is 0. The van der Waals surface area contributed by atoms with E-state index in [1.165, 1.54) is 12.1 Å². The number of carbonyl (C=O) groups excluding carboxylic acids is 1. The van der Waals surface area contributed by atoms with Crippen molar-refractivity contribution in [2.24, 2.45) is 0 Å². The van der Waals surface area contributed by atoms with Gasteiger partial charge in [-0.25, -0.2) is 9.18 Å². The molecule has 1 unspecified atom stereocenters. The molecule has 0 spiro atoms. The van der Waals surface area contributed by atoms with Crippen LogP contribution in [0.1, 0.15) is 24.3 Å². The van der Waals surface area contributed by atoms with Gasteiger partial charge in [-0.1, -0.05) is 35.5 Å². The second kappa shape index (κ2) is 7.17. The Labute approximate surface area is 144 Å². The van der Waals surface area contributed by atoms with E-state index in [9.17, 15) is 9.18 Å². The van der Waals surface area contributed by atoms with Crippen LogP contribution in [0.4, 0.5) is 14.9 Å². The first-order valence-corrected chi connectivity index (χ1v) is 7.79. The van der Waals surface area contributed by atoms with Gasteiger partial charge in [-0.2, -0.15) is 0 Å². The first-order valence-electron chi connectivity index (χ1n) is 7.79. The summed E-state index contributed by atoms with van der Waals surface area (Å²) in [4.78, 5) is 12.2. The minimum atomic E-state index is -0.619. The Morgan fingerprint density at radius 1 is 1.16 bits per heavy atom. The van der Waals surface area contributed by atoms with Crippen LogP contribution in [0.3, 0.4) is 0 Å². The van der Waals surface area contributed by atoms with Crippen LogP contribution in [0.15, 0.2) is 59.1 Å². The summed E-state index contributed by atoms with van der Waals surface area (Å²) in [6.45, 7) is 3.49. The Balaban J connectivity index is 1.75. The first-order chi connectivity index (χ1) is 12.0. The number of carbonyl (C=O) groups is 1. The quantitative estimate of drug-likeness (QED) is 0.718. The predicted molar refractivity (Wildman–Crippen MR) is 91.6 cm³/mol. The molecule has 0 aliphatic carbocycles. The number of halogens is 1. The third-order valence-corrected chi connectivity index (χ3v) is 3.75. The van der Waals surface area contributed by atoms with Gasteiger partial charge in [-0.3, -0.25) is 5.32 Å². The fourth-order valence-electron chi connectivity index (χ4n) is 2.40. The summed E-state index contributed by atoms with van der Waals surface area (Å²) in [5, 5.41) is 6.53. The molecule has 0 saturated heterocycles. The van der Waals surface area contributed by atoms with Crippen molar-refractivity contribution in [3.63, 3.8) is 0 Å². The number of nitrogens with zero attached hydrogens (tertiary/aromatic N) is 1. The molecule has 1 aromatic heterocycles. The van der Waals surface area contributed by atoms with Gasteiger partial charge in [-0.05, 0) is 43.7 Å². The van der Waals surface area contributed by atoms with Gasteiger partial charge in [0.25, 0.3) is 0 Å². The van der Waals surface area contributed by atoms with E-state index in [1.54, 1.807) is 26.0 Å². The van der Waals surface area contributed by atoms with Crippen LogP contribution in [-0.4, -0.2) is 11.2 Å². The molecule has 2 aromatic carbocycles. The molecule has 5 nitrogen and oxygen atoms in total. The number of rotatable bonds is 4. The Hall–Kier alpha value is -3.15. The van der Waals surface area contributed by atoms with Gasteiger partial charge in [0.2, 0.25) is 0 Å². The van der Waals surface area contributed by atoms with E-state index in [4.69, 9.17) is 9.26 Å². The number of anilines is 1. The maximum absolute atomic E-state index is 13.1. The molecule has 1 heterocycles. The summed E-state index contributed by atoms with van der Waals surface area (Å²) in [5.41, 5.74) is 2.40. The highest BCUT2D eigenvalue weighted by Crippen LogP contribution is 2.31. The van der Waals surface area contributed by atoms with Crippen molar-refractivity contribution >= 4 is 11.8 Å². The molecule has 1 amide bonds. The maximum Gasteiger partial charge on any atom is 0.412 e. The Morgan fingerprint density at radius 3 is 2.52 bits per heavy atom. The second-order valence-corrected chi connectivity index (χ2v) is 5.56. The lowest BCUT2D eigenvalue weighted by Crippen LogP contribution is -2.16. The van der Waals surface area contributed by atoms with Crippen LogP contribution >= 0.6 is 0 Å². The summed E-state index contributed by atoms with van der Waals surface area (Å²) in [6, 6.07) is 15.1. The second-order valence-electron chi connectivity index (χ2n) is 5.56. The summed E-state index contributed by atoms with van der Waals surface area (Å²) in [5.74, 6) is -0.00703. The van der Waals surface area contributed by atoms with Crippen molar-refractivity contribution in [2.75, 3.05) is 5.32 Å². The highest BCUT2D eigenvalue weighted by molar-refractivity contribution is 5.90. The van der Waals surface area contributed by atoms with Gasteiger partial charge < -0.3 is 9.26 Å². The minimum absolute atomic E-state index is 0.349. The number of aromatic nitrogens is 1. The third kappa shape index (κ3) is 3.85. The molecule has 1 N–H and O–H groups in total. The fraction of sp³-hybridized carbons (Fsp3) is 0.158. The average molecular weight is 340 g/mol. The summed E-state index contributed by atoms with van der Waals surface area (Å²) < 4.78 is 23.8. The highest BCUT2D eigenvalue weighted by Gasteiger charge is 2.19. The normalized spacial score (nSPS) is 11.8. The van der Waals surface area contributed by atoms with Crippen molar-refractivity contribution in [3.05, 3.63) is 71.7 Å². The van der Waals surface area contributed by atoms with Crippen LogP contribution < -0.4 is 5.32 Å². The lowest BCUT2D eigenvalue weighted by Gasteiger charge is -2.14. The highest BCUT2D eigenvalue weighted by atomic mass is 19.1. The fourth-order valence-corrected chi connectivity index (χ4v) is 2.40. The van der Waals surface area contributed by atoms with Gasteiger partial charge in [0.1, 0.15) is 23.3 Å². The van der Waals surface area contributed by atoms with Crippen LogP contribution in [0, 0.1) is 12.7 Å². The van der Waals surface area contributed by atoms with Crippen molar-refractivity contribution in [1.29, 1.82) is 0 Å². The number of benzene rings is 2. The van der Waals surface area contributed by atoms with Gasteiger partial charge in [0, 0.05) is 5.56 Å². The number of amides is 1. The van der Waals surface area contributed by atoms with E-state index in [0.29, 0.717) is 22.7 Å². The van der Waals surface area contributed by atoms with Crippen molar-refractivity contribution in [1.82, 2.24) is 5.16 Å². The lowest BCUT2D eigenvalue weighted by atomic mass is 10.1. The van der Waals surface area contributed by atoms with E-state index in [1.807, 2.05) is 30.3 Å². The molecule has 0 saturated carbocycles. The molecule has 6 heteroatoms. The molecule has 3 rings (SSSR count). The van der Waals surface area contributed by atoms with Crippen molar-refractivity contribution in [2.45, 2.75) is 20.0 Å². The zero-order valence-corrected chi connectivity index (χ0v) is 13.8. The molecule has 0 radical (unpaired) electrons. The van der Waals surface area contributed by atoms with Crippen LogP contribution in [0.5, 0.6) is 0 Å². The molecule has 0 aliphatic rings. The third-order valence-electron chi connectivity index (χ3n) is 3.75. The molecule has 0 bridgehead atoms. The average Bonchev–Trinajstić information content (AvgIpc) is 2.97. The Morgan fingerprint density at radius 2 is 1.84 bits per heavy atom. The summed E-state index contributed by atoms with van der Waals surface area (Å²) in [6.07, 6.45) is -1.03. The van der Waals surface area contributed by atoms with Crippen LogP contribution in [0.25, 0.3) is 11.3 Å². The van der Waals surface area contributed by atoms with Crippen LogP contribution in [-0.2, 0) is 4.74 Å². The molecule has 1 atom stereocenters. The molecular weight excluding hydrogens is 323 g/mol. The molecule has 25 heavy (non-hydrogen) atoms. The number of nitrogens with one attached hydrogen (secondary N) is 1. The summed E-state index contributed by atoms with van der Waals surface area (Å²) >= 11 is 0. The van der Waals surface area contributed by atoms with Gasteiger partial charge in [-0.15, -0.1) is 0 Å². The zero-order chi connectivity index (χ0) is 17.8. The molecular formula is C19H17FN2O3. The van der Waals surface area contributed by atoms with E-state index in [-0.39, 0.29) is 5.82 Å². The van der Waals surface area contributed by atoms with Gasteiger partial charge in [0.15, 0.2) is 5.76 Å². The van der Waals surface area contributed by atoms with Crippen molar-refractivity contribution in [3.8, 4) is 11.3 Å². The predicted octanol–water partition coefficient (Wildman–Crippen LogP) is 5.10. The van der Waals surface area contributed by atoms with E-state index in [2.05, 4.69) is 10.5 Å². The van der Waals surface area contributed by atoms with E-state index in [0.717, 1.165) is 5.56 Å². The standard InChI is InChI=1S/C19H17FN2O3/c1-12-17(18(25-22-12)15-8-10-16(20)11-9-15)21-19(23)24-13(2)14-6-4-3-5-7-14/h3-11,13H,1-2H3,(H,21,23). The monoisotopic (exact) mass is 340 g/mol. The number of aryl methyl sites for hydroxylation is 1. The van der Waals surface area contributed by atoms with Crippen molar-refractivity contribution < 1.29 is 18.4 Å². The smallest absolute Gasteiger partial charge is 0.412 e. The number of ether oxygens (including phenoxy) is 1.